The minimum Gasteiger partial charge on any atom is -0.373 e. The van der Waals surface area contributed by atoms with Gasteiger partial charge >= 0.3 is 0 Å². The molecular formula is C20H34N4O5S. The zero-order valence-corrected chi connectivity index (χ0v) is 18.8. The molecule has 1 aliphatic carbocycles. The molecular weight excluding hydrogens is 408 g/mol. The average molecular weight is 443 g/mol. The Labute approximate surface area is 179 Å². The Balaban J connectivity index is 1.31. The normalized spacial score (nSPS) is 32.3. The van der Waals surface area contributed by atoms with Crippen molar-refractivity contribution in [2.24, 2.45) is 11.8 Å². The van der Waals surface area contributed by atoms with Gasteiger partial charge in [-0.1, -0.05) is 0 Å². The molecule has 2 amide bonds. The number of rotatable bonds is 4. The molecule has 3 aliphatic heterocycles. The molecule has 0 bridgehead atoms. The number of nitrogens with zero attached hydrogens (tertiary/aromatic N) is 4. The monoisotopic (exact) mass is 442 g/mol. The Hall–Kier alpha value is -1.23. The fourth-order valence-corrected chi connectivity index (χ4v) is 6.60. The van der Waals surface area contributed by atoms with E-state index in [0.29, 0.717) is 45.8 Å². The van der Waals surface area contributed by atoms with Crippen LogP contribution in [-0.2, 0) is 24.5 Å². The van der Waals surface area contributed by atoms with E-state index in [4.69, 9.17) is 4.74 Å². The summed E-state index contributed by atoms with van der Waals surface area (Å²) in [5, 5.41) is 0. The molecule has 3 saturated heterocycles. The molecule has 30 heavy (non-hydrogen) atoms. The van der Waals surface area contributed by atoms with E-state index < -0.39 is 10.2 Å². The predicted molar refractivity (Wildman–Crippen MR) is 111 cm³/mol. The van der Waals surface area contributed by atoms with Gasteiger partial charge in [-0.15, -0.1) is 0 Å². The minimum absolute atomic E-state index is 0.0639. The van der Waals surface area contributed by atoms with Crippen LogP contribution >= 0.6 is 0 Å². The highest BCUT2D eigenvalue weighted by Gasteiger charge is 2.40. The Kier molecular flexibility index (Phi) is 6.39. The first-order chi connectivity index (χ1) is 14.3. The number of amides is 2. The largest absolute Gasteiger partial charge is 0.373 e. The summed E-state index contributed by atoms with van der Waals surface area (Å²) < 4.78 is 34.7. The number of carbonyl (C=O) groups excluding carboxylic acids is 2. The predicted octanol–water partition coefficient (Wildman–Crippen LogP) is 0.133. The maximum absolute atomic E-state index is 13.0. The second-order valence-corrected chi connectivity index (χ2v) is 11.1. The number of hydrogen-bond donors (Lipinski definition) is 0. The zero-order valence-electron chi connectivity index (χ0n) is 18.0. The summed E-state index contributed by atoms with van der Waals surface area (Å²) in [6, 6.07) is 0. The average Bonchev–Trinajstić information content (AvgIpc) is 3.57. The van der Waals surface area contributed by atoms with E-state index in [1.807, 2.05) is 18.7 Å². The SMILES string of the molecule is CC1CN(S(=O)(=O)N2CCN(C(=O)C3CCCN(C(=O)C4CC4)C3)CC2)CC(C)O1. The standard InChI is InChI=1S/C20H34N4O5S/c1-15-12-24(13-16(2)29-15)30(27,28)23-10-8-21(9-11-23)20(26)18-4-3-7-22(14-18)19(25)17-5-6-17/h15-18H,3-14H2,1-2H3. The maximum Gasteiger partial charge on any atom is 0.282 e. The second-order valence-electron chi connectivity index (χ2n) is 9.20. The van der Waals surface area contributed by atoms with Crippen molar-refractivity contribution >= 4 is 22.0 Å². The Bertz CT molecular complexity index is 753. The third kappa shape index (κ3) is 4.66. The summed E-state index contributed by atoms with van der Waals surface area (Å²) in [6.45, 7) is 7.18. The summed E-state index contributed by atoms with van der Waals surface area (Å²) in [6.07, 6.45) is 3.36. The van der Waals surface area contributed by atoms with Crippen molar-refractivity contribution < 1.29 is 22.7 Å². The molecule has 0 aromatic rings. The van der Waals surface area contributed by atoms with Gasteiger partial charge < -0.3 is 14.5 Å². The van der Waals surface area contributed by atoms with Crippen LogP contribution < -0.4 is 0 Å². The zero-order chi connectivity index (χ0) is 21.5. The van der Waals surface area contributed by atoms with Crippen molar-refractivity contribution in [2.45, 2.75) is 51.7 Å². The van der Waals surface area contributed by atoms with Crippen LogP contribution in [-0.4, -0.2) is 103 Å². The van der Waals surface area contributed by atoms with E-state index in [1.54, 1.807) is 4.90 Å². The molecule has 4 rings (SSSR count). The van der Waals surface area contributed by atoms with E-state index in [-0.39, 0.29) is 35.9 Å². The van der Waals surface area contributed by atoms with Crippen LogP contribution in [0.1, 0.15) is 39.5 Å². The Morgan fingerprint density at radius 1 is 0.733 bits per heavy atom. The molecule has 0 radical (unpaired) electrons. The van der Waals surface area contributed by atoms with Crippen molar-refractivity contribution in [3.05, 3.63) is 0 Å². The third-order valence-corrected chi connectivity index (χ3v) is 8.57. The first-order valence-electron chi connectivity index (χ1n) is 11.2. The van der Waals surface area contributed by atoms with Gasteiger partial charge in [-0.25, -0.2) is 0 Å². The van der Waals surface area contributed by atoms with Gasteiger partial charge in [-0.05, 0) is 39.5 Å². The lowest BCUT2D eigenvalue weighted by Crippen LogP contribution is -2.58. The van der Waals surface area contributed by atoms with Crippen molar-refractivity contribution in [3.8, 4) is 0 Å². The van der Waals surface area contributed by atoms with Crippen molar-refractivity contribution in [2.75, 3.05) is 52.4 Å². The fourth-order valence-electron chi connectivity index (χ4n) is 4.85. The van der Waals surface area contributed by atoms with Crippen molar-refractivity contribution in [1.29, 1.82) is 0 Å². The molecule has 0 spiro atoms. The van der Waals surface area contributed by atoms with Gasteiger partial charge in [0.1, 0.15) is 0 Å². The number of morpholine rings is 1. The minimum atomic E-state index is -3.55. The van der Waals surface area contributed by atoms with Crippen LogP contribution in [0, 0.1) is 11.8 Å². The number of piperidine rings is 1. The summed E-state index contributed by atoms with van der Waals surface area (Å²) in [5.41, 5.74) is 0. The van der Waals surface area contributed by atoms with Crippen molar-refractivity contribution in [3.63, 3.8) is 0 Å². The van der Waals surface area contributed by atoms with Gasteiger partial charge in [0.2, 0.25) is 11.8 Å². The van der Waals surface area contributed by atoms with Gasteiger partial charge in [0.05, 0.1) is 18.1 Å². The number of likely N-dealkylation sites (tertiary alicyclic amines) is 1. The quantitative estimate of drug-likeness (QED) is 0.618. The molecule has 1 saturated carbocycles. The summed E-state index contributed by atoms with van der Waals surface area (Å²) >= 11 is 0. The van der Waals surface area contributed by atoms with Gasteiger partial charge in [-0.2, -0.15) is 17.0 Å². The molecule has 10 heteroatoms. The molecule has 4 aliphatic rings. The fraction of sp³-hybridized carbons (Fsp3) is 0.900. The molecule has 170 valence electrons. The lowest BCUT2D eigenvalue weighted by Gasteiger charge is -2.41. The first kappa shape index (κ1) is 22.0. The molecule has 3 unspecified atom stereocenters. The summed E-state index contributed by atoms with van der Waals surface area (Å²) in [5.74, 6) is 0.287. The molecule has 3 heterocycles. The number of piperazine rings is 1. The van der Waals surface area contributed by atoms with Crippen LogP contribution in [0.2, 0.25) is 0 Å². The highest BCUT2D eigenvalue weighted by molar-refractivity contribution is 7.86. The molecule has 0 aromatic carbocycles. The molecule has 4 fully saturated rings. The van der Waals surface area contributed by atoms with Crippen LogP contribution in [0.3, 0.4) is 0 Å². The first-order valence-corrected chi connectivity index (χ1v) is 12.6. The third-order valence-electron chi connectivity index (χ3n) is 6.60. The van der Waals surface area contributed by atoms with Gasteiger partial charge in [0.25, 0.3) is 10.2 Å². The van der Waals surface area contributed by atoms with E-state index in [0.717, 1.165) is 32.2 Å². The Morgan fingerprint density at radius 2 is 1.33 bits per heavy atom. The van der Waals surface area contributed by atoms with Gasteiger partial charge in [0.15, 0.2) is 0 Å². The van der Waals surface area contributed by atoms with E-state index >= 15 is 0 Å². The topological polar surface area (TPSA) is 90.5 Å². The van der Waals surface area contributed by atoms with Gasteiger partial charge in [0, 0.05) is 58.3 Å². The number of carbonyl (C=O) groups is 2. The molecule has 0 N–H and O–H groups in total. The van der Waals surface area contributed by atoms with Crippen LogP contribution in [0.25, 0.3) is 0 Å². The molecule has 0 aromatic heterocycles. The number of ether oxygens (including phenoxy) is 1. The second kappa shape index (κ2) is 8.72. The highest BCUT2D eigenvalue weighted by atomic mass is 32.2. The van der Waals surface area contributed by atoms with E-state index in [2.05, 4.69) is 0 Å². The molecule has 3 atom stereocenters. The summed E-state index contributed by atoms with van der Waals surface area (Å²) in [4.78, 5) is 29.1. The maximum atomic E-state index is 13.0. The van der Waals surface area contributed by atoms with E-state index in [9.17, 15) is 18.0 Å². The van der Waals surface area contributed by atoms with Crippen LogP contribution in [0.15, 0.2) is 0 Å². The summed E-state index contributed by atoms with van der Waals surface area (Å²) in [7, 11) is -3.55. The van der Waals surface area contributed by atoms with E-state index in [1.165, 1.54) is 8.61 Å². The Morgan fingerprint density at radius 3 is 1.93 bits per heavy atom. The lowest BCUT2D eigenvalue weighted by atomic mass is 9.96. The lowest BCUT2D eigenvalue weighted by molar-refractivity contribution is -0.142. The molecule has 9 nitrogen and oxygen atoms in total. The highest BCUT2D eigenvalue weighted by Crippen LogP contribution is 2.33. The van der Waals surface area contributed by atoms with Crippen LogP contribution in [0.4, 0.5) is 0 Å². The van der Waals surface area contributed by atoms with Crippen LogP contribution in [0.5, 0.6) is 0 Å². The van der Waals surface area contributed by atoms with Crippen molar-refractivity contribution in [1.82, 2.24) is 18.4 Å². The smallest absolute Gasteiger partial charge is 0.282 e. The van der Waals surface area contributed by atoms with Gasteiger partial charge in [-0.3, -0.25) is 9.59 Å². The number of hydrogen-bond acceptors (Lipinski definition) is 5.